The number of hydrogen-bond acceptors (Lipinski definition) is 1. The molecule has 0 saturated carbocycles. The smallest absolute Gasteiger partial charge is 0.126 e. The van der Waals surface area contributed by atoms with Crippen molar-refractivity contribution in [3.63, 3.8) is 0 Å². The fraction of sp³-hybridized carbons (Fsp3) is 0.500. The third kappa shape index (κ3) is 2.81. The van der Waals surface area contributed by atoms with Gasteiger partial charge in [0.2, 0.25) is 0 Å². The summed E-state index contributed by atoms with van der Waals surface area (Å²) in [6, 6.07) is 3.59. The van der Waals surface area contributed by atoms with Crippen molar-refractivity contribution < 1.29 is 4.39 Å². The number of halogens is 1. The predicted molar refractivity (Wildman–Crippen MR) is 57.8 cm³/mol. The van der Waals surface area contributed by atoms with Crippen LogP contribution in [-0.2, 0) is 6.42 Å². The molecule has 2 heteroatoms. The van der Waals surface area contributed by atoms with E-state index in [4.69, 9.17) is 5.73 Å². The number of rotatable bonds is 2. The third-order valence-electron chi connectivity index (χ3n) is 2.32. The molecule has 0 atom stereocenters. The van der Waals surface area contributed by atoms with E-state index in [0.717, 1.165) is 16.7 Å². The Morgan fingerprint density at radius 2 is 1.86 bits per heavy atom. The summed E-state index contributed by atoms with van der Waals surface area (Å²) in [4.78, 5) is 0. The molecule has 0 fully saturated rings. The molecule has 0 aliphatic rings. The van der Waals surface area contributed by atoms with Crippen LogP contribution >= 0.6 is 0 Å². The number of aryl methyl sites for hydroxylation is 1. The molecule has 1 aromatic rings. The summed E-state index contributed by atoms with van der Waals surface area (Å²) in [6.45, 7) is 7.60. The lowest BCUT2D eigenvalue weighted by Crippen LogP contribution is -2.34. The maximum Gasteiger partial charge on any atom is 0.126 e. The first-order valence-electron chi connectivity index (χ1n) is 4.84. The molecule has 0 bridgehead atoms. The first kappa shape index (κ1) is 11.2. The Morgan fingerprint density at radius 1 is 1.29 bits per heavy atom. The van der Waals surface area contributed by atoms with Gasteiger partial charge in [-0.25, -0.2) is 4.39 Å². The monoisotopic (exact) mass is 195 g/mol. The summed E-state index contributed by atoms with van der Waals surface area (Å²) >= 11 is 0. The van der Waals surface area contributed by atoms with E-state index in [0.29, 0.717) is 6.42 Å². The molecule has 0 aromatic heterocycles. The lowest BCUT2D eigenvalue weighted by atomic mass is 9.94. The van der Waals surface area contributed by atoms with Crippen LogP contribution in [0.4, 0.5) is 4.39 Å². The lowest BCUT2D eigenvalue weighted by Gasteiger charge is -2.19. The van der Waals surface area contributed by atoms with Gasteiger partial charge in [0.05, 0.1) is 0 Å². The van der Waals surface area contributed by atoms with Crippen molar-refractivity contribution in [1.82, 2.24) is 0 Å². The van der Waals surface area contributed by atoms with E-state index in [2.05, 4.69) is 0 Å². The highest BCUT2D eigenvalue weighted by Crippen LogP contribution is 2.17. The van der Waals surface area contributed by atoms with Gasteiger partial charge < -0.3 is 5.73 Å². The maximum absolute atomic E-state index is 13.4. The molecule has 2 N–H and O–H groups in total. The molecule has 1 nitrogen and oxygen atoms in total. The molecular weight excluding hydrogens is 177 g/mol. The van der Waals surface area contributed by atoms with Crippen molar-refractivity contribution in [3.05, 3.63) is 34.6 Å². The van der Waals surface area contributed by atoms with E-state index in [1.165, 1.54) is 0 Å². The van der Waals surface area contributed by atoms with Crippen LogP contribution < -0.4 is 5.73 Å². The Labute approximate surface area is 85.1 Å². The topological polar surface area (TPSA) is 26.0 Å². The molecular formula is C12H18FN. The molecule has 0 amide bonds. The molecule has 1 aromatic carbocycles. The number of hydrogen-bond donors (Lipinski definition) is 1. The fourth-order valence-corrected chi connectivity index (χ4v) is 1.52. The van der Waals surface area contributed by atoms with Crippen molar-refractivity contribution in [1.29, 1.82) is 0 Å². The largest absolute Gasteiger partial charge is 0.325 e. The van der Waals surface area contributed by atoms with Crippen LogP contribution in [0.5, 0.6) is 0 Å². The number of nitrogens with two attached hydrogens (primary N) is 1. The van der Waals surface area contributed by atoms with Gasteiger partial charge in [0.1, 0.15) is 5.82 Å². The minimum absolute atomic E-state index is 0.135. The van der Waals surface area contributed by atoms with Crippen LogP contribution in [0.25, 0.3) is 0 Å². The summed E-state index contributed by atoms with van der Waals surface area (Å²) in [6.07, 6.45) is 0.699. The van der Waals surface area contributed by atoms with Crippen molar-refractivity contribution in [2.24, 2.45) is 5.73 Å². The van der Waals surface area contributed by atoms with Gasteiger partial charge >= 0.3 is 0 Å². The summed E-state index contributed by atoms with van der Waals surface area (Å²) in [5.41, 5.74) is 8.29. The molecule has 14 heavy (non-hydrogen) atoms. The second-order valence-corrected chi connectivity index (χ2v) is 4.68. The highest BCUT2D eigenvalue weighted by atomic mass is 19.1. The zero-order chi connectivity index (χ0) is 10.9. The second-order valence-electron chi connectivity index (χ2n) is 4.68. The Kier molecular flexibility index (Phi) is 2.95. The SMILES string of the molecule is Cc1cc(CC(C)(C)N)cc(F)c1C. The van der Waals surface area contributed by atoms with Crippen molar-refractivity contribution in [2.75, 3.05) is 0 Å². The third-order valence-corrected chi connectivity index (χ3v) is 2.32. The van der Waals surface area contributed by atoms with Gasteiger partial charge in [0.15, 0.2) is 0 Å². The quantitative estimate of drug-likeness (QED) is 0.771. The van der Waals surface area contributed by atoms with E-state index in [1.54, 1.807) is 13.0 Å². The maximum atomic E-state index is 13.4. The Bertz CT molecular complexity index is 314. The minimum Gasteiger partial charge on any atom is -0.325 e. The van der Waals surface area contributed by atoms with Crippen LogP contribution in [0.2, 0.25) is 0 Å². The van der Waals surface area contributed by atoms with Gasteiger partial charge in [-0.1, -0.05) is 6.07 Å². The Hall–Kier alpha value is -0.890. The molecule has 0 radical (unpaired) electrons. The van der Waals surface area contributed by atoms with Crippen molar-refractivity contribution in [2.45, 2.75) is 39.7 Å². The zero-order valence-corrected chi connectivity index (χ0v) is 9.32. The summed E-state index contributed by atoms with van der Waals surface area (Å²) in [5, 5.41) is 0. The Balaban J connectivity index is 3.02. The average molecular weight is 195 g/mol. The van der Waals surface area contributed by atoms with Gasteiger partial charge in [-0.15, -0.1) is 0 Å². The van der Waals surface area contributed by atoms with E-state index in [9.17, 15) is 4.39 Å². The predicted octanol–water partition coefficient (Wildman–Crippen LogP) is 2.72. The number of benzene rings is 1. The van der Waals surface area contributed by atoms with Crippen LogP contribution in [0.3, 0.4) is 0 Å². The van der Waals surface area contributed by atoms with Crippen LogP contribution in [-0.4, -0.2) is 5.54 Å². The van der Waals surface area contributed by atoms with E-state index in [1.807, 2.05) is 26.8 Å². The Morgan fingerprint density at radius 3 is 2.29 bits per heavy atom. The van der Waals surface area contributed by atoms with Crippen molar-refractivity contribution in [3.8, 4) is 0 Å². The first-order chi connectivity index (χ1) is 6.29. The van der Waals surface area contributed by atoms with Gasteiger partial charge in [0.25, 0.3) is 0 Å². The van der Waals surface area contributed by atoms with Gasteiger partial charge in [-0.2, -0.15) is 0 Å². The van der Waals surface area contributed by atoms with Crippen molar-refractivity contribution >= 4 is 0 Å². The second kappa shape index (κ2) is 3.70. The average Bonchev–Trinajstić information content (AvgIpc) is 1.96. The highest BCUT2D eigenvalue weighted by Gasteiger charge is 2.13. The van der Waals surface area contributed by atoms with Crippen LogP contribution in [0.15, 0.2) is 12.1 Å². The first-order valence-corrected chi connectivity index (χ1v) is 4.84. The lowest BCUT2D eigenvalue weighted by molar-refractivity contribution is 0.513. The minimum atomic E-state index is -0.284. The van der Waals surface area contributed by atoms with Gasteiger partial charge in [-0.3, -0.25) is 0 Å². The van der Waals surface area contributed by atoms with E-state index >= 15 is 0 Å². The molecule has 0 unspecified atom stereocenters. The molecule has 0 aliphatic heterocycles. The summed E-state index contributed by atoms with van der Waals surface area (Å²) in [5.74, 6) is -0.135. The molecule has 0 spiro atoms. The zero-order valence-electron chi connectivity index (χ0n) is 9.32. The molecule has 0 heterocycles. The fourth-order valence-electron chi connectivity index (χ4n) is 1.52. The molecule has 1 rings (SSSR count). The summed E-state index contributed by atoms with van der Waals surface area (Å²) in [7, 11) is 0. The van der Waals surface area contributed by atoms with E-state index in [-0.39, 0.29) is 11.4 Å². The standard InChI is InChI=1S/C12H18FN/c1-8-5-10(7-12(3,4)14)6-11(13)9(8)2/h5-6H,7,14H2,1-4H3. The van der Waals surface area contributed by atoms with Crippen LogP contribution in [0, 0.1) is 19.7 Å². The van der Waals surface area contributed by atoms with Gasteiger partial charge in [0, 0.05) is 5.54 Å². The normalized spacial score (nSPS) is 11.9. The van der Waals surface area contributed by atoms with Crippen LogP contribution in [0.1, 0.15) is 30.5 Å². The molecule has 78 valence electrons. The van der Waals surface area contributed by atoms with Gasteiger partial charge in [-0.05, 0) is 56.9 Å². The summed E-state index contributed by atoms with van der Waals surface area (Å²) < 4.78 is 13.4. The molecule has 0 aliphatic carbocycles. The highest BCUT2D eigenvalue weighted by molar-refractivity contribution is 5.32. The van der Waals surface area contributed by atoms with E-state index < -0.39 is 0 Å². The molecule has 0 saturated heterocycles.